The van der Waals surface area contributed by atoms with Crippen molar-refractivity contribution in [3.63, 3.8) is 0 Å². The van der Waals surface area contributed by atoms with E-state index in [0.29, 0.717) is 141 Å². The van der Waals surface area contributed by atoms with E-state index in [1.165, 1.54) is 35.6 Å². The van der Waals surface area contributed by atoms with Gasteiger partial charge in [-0.05, 0) is 118 Å². The Labute approximate surface area is 611 Å². The van der Waals surface area contributed by atoms with Crippen LogP contribution in [0.2, 0.25) is 0 Å². The summed E-state index contributed by atoms with van der Waals surface area (Å²) in [7, 11) is 3.49. The molecule has 14 aromatic rings. The van der Waals surface area contributed by atoms with Gasteiger partial charge < -0.3 is 50.0 Å². The monoisotopic (exact) mass is 1410 g/mol. The molecular formula is C83H58FeN16O5. The summed E-state index contributed by atoms with van der Waals surface area (Å²) >= 11 is 0. The molecule has 7 aromatic carbocycles. The molecule has 16 rings (SSSR count). The number of rotatable bonds is 16. The summed E-state index contributed by atoms with van der Waals surface area (Å²) in [6.45, 7) is 0.419. The number of fused-ring (bicyclic) bond motifs is 8. The standard InChI is InChI=1S/C83H60N16O5.Fe/c1-4-50-28-30-52(31-29-50)71-41-86-48-98(71)45-51-16-15-17-53(40-51)80(101)92-58-22-9-5-18-54(58)76-62-32-34-64(88-62)77(55-19-6-10-23-59(55)93-81(102)72-42-84-46-96(72)2)65-36-37-66(90-65)78(56-20-7-11-24-60(56)94-82(103)73-43-85-47-97(73)3)67-38-39-69(91-67)79(68-35-33-63(76)89-68)57-21-8-12-25-61(57)95-83(104)74-44-87-49-99(74)70-26-13-14-27-75(70)100;/h1,5-44,46-49H,45H2,2-3H3,(H7,88,89,90,91,92,93,94,95,100,101,102,103,104);/q;+2/p-2. The fraction of sp³-hybridized carbons (Fsp3) is 0.0361. The Balaban J connectivity index is 0.00000885. The maximum absolute atomic E-state index is 15.0. The second-order valence-electron chi connectivity index (χ2n) is 24.6. The first-order valence-corrected chi connectivity index (χ1v) is 33.0. The number of terminal acetylenes is 1. The van der Waals surface area contributed by atoms with Crippen LogP contribution in [0, 0.1) is 12.3 Å². The molecule has 0 spiro atoms. The van der Waals surface area contributed by atoms with Gasteiger partial charge in [0.15, 0.2) is 0 Å². The Hall–Kier alpha value is -14.3. The number of anilines is 4. The Morgan fingerprint density at radius 1 is 0.448 bits per heavy atom. The van der Waals surface area contributed by atoms with Crippen molar-refractivity contribution in [1.29, 1.82) is 0 Å². The van der Waals surface area contributed by atoms with Gasteiger partial charge in [-0.3, -0.25) is 23.7 Å². The van der Waals surface area contributed by atoms with E-state index in [0.717, 1.165) is 22.4 Å². The van der Waals surface area contributed by atoms with Crippen molar-refractivity contribution in [2.75, 3.05) is 21.3 Å². The van der Waals surface area contributed by atoms with Gasteiger partial charge in [-0.25, -0.2) is 29.9 Å². The molecule has 508 valence electrons. The normalized spacial score (nSPS) is 11.4. The topological polar surface area (TPSA) is 262 Å². The molecule has 0 radical (unpaired) electrons. The van der Waals surface area contributed by atoms with Crippen LogP contribution in [0.3, 0.4) is 0 Å². The molecular weight excluding hydrogens is 1360 g/mol. The number of nitrogens with one attached hydrogen (secondary N) is 4. The number of phenols is 1. The molecule has 9 heterocycles. The number of hydrogen-bond donors (Lipinski definition) is 5. The van der Waals surface area contributed by atoms with Gasteiger partial charge in [-0.2, -0.15) is 0 Å². The van der Waals surface area contributed by atoms with Gasteiger partial charge >= 0.3 is 17.1 Å². The molecule has 7 aromatic heterocycles. The van der Waals surface area contributed by atoms with Crippen LogP contribution in [0.4, 0.5) is 22.7 Å². The molecule has 5 N–H and O–H groups in total. The second-order valence-corrected chi connectivity index (χ2v) is 24.6. The van der Waals surface area contributed by atoms with Gasteiger partial charge in [0.25, 0.3) is 23.6 Å². The summed E-state index contributed by atoms with van der Waals surface area (Å²) in [5, 5.41) is 23.7. The molecule has 0 fully saturated rings. The van der Waals surface area contributed by atoms with E-state index in [1.807, 2.05) is 187 Å². The van der Waals surface area contributed by atoms with Gasteiger partial charge in [0.2, 0.25) is 0 Å². The van der Waals surface area contributed by atoms with Crippen LogP contribution >= 0.6 is 0 Å². The Morgan fingerprint density at radius 2 is 0.857 bits per heavy atom. The molecule has 22 heteroatoms. The number of aromatic hydroxyl groups is 1. The third kappa shape index (κ3) is 13.0. The molecule has 0 saturated heterocycles. The minimum absolute atomic E-state index is 0. The van der Waals surface area contributed by atoms with Crippen LogP contribution in [0.1, 0.15) is 75.7 Å². The molecule has 0 aliphatic carbocycles. The molecule has 2 aliphatic heterocycles. The van der Waals surface area contributed by atoms with E-state index in [-0.39, 0.29) is 34.4 Å². The quantitative estimate of drug-likeness (QED) is 0.0446. The van der Waals surface area contributed by atoms with Gasteiger partial charge in [-0.1, -0.05) is 139 Å². The largest absolute Gasteiger partial charge is 2.00 e. The molecule has 4 amide bonds. The number of imidazole rings is 4. The molecule has 21 nitrogen and oxygen atoms in total. The summed E-state index contributed by atoms with van der Waals surface area (Å²) < 4.78 is 6.81. The number of nitrogens with zero attached hydrogens (tertiary/aromatic N) is 12. The molecule has 105 heavy (non-hydrogen) atoms. The van der Waals surface area contributed by atoms with Crippen molar-refractivity contribution in [2.24, 2.45) is 14.1 Å². The van der Waals surface area contributed by atoms with Crippen LogP contribution in [-0.2, 0) is 37.7 Å². The van der Waals surface area contributed by atoms with Crippen LogP contribution in [-0.4, -0.2) is 76.9 Å². The molecule has 2 aliphatic rings. The number of aryl methyl sites for hydroxylation is 2. The zero-order chi connectivity index (χ0) is 71.0. The van der Waals surface area contributed by atoms with E-state index in [4.69, 9.17) is 26.4 Å². The van der Waals surface area contributed by atoms with E-state index in [9.17, 15) is 24.3 Å². The van der Waals surface area contributed by atoms with Crippen molar-refractivity contribution in [2.45, 2.75) is 6.54 Å². The van der Waals surface area contributed by atoms with Gasteiger partial charge in [0, 0.05) is 76.8 Å². The summed E-state index contributed by atoms with van der Waals surface area (Å²) in [5.41, 5.74) is 14.8. The summed E-state index contributed by atoms with van der Waals surface area (Å²) in [4.78, 5) is 97.7. The van der Waals surface area contributed by atoms with Gasteiger partial charge in [0.05, 0.1) is 84.3 Å². The molecule has 0 saturated carbocycles. The van der Waals surface area contributed by atoms with Gasteiger partial charge in [-0.15, -0.1) is 28.5 Å². The predicted molar refractivity (Wildman–Crippen MR) is 403 cm³/mol. The number of carbonyl (C=O) groups is 4. The van der Waals surface area contributed by atoms with Crippen molar-refractivity contribution < 1.29 is 41.4 Å². The fourth-order valence-electron chi connectivity index (χ4n) is 13.1. The summed E-state index contributed by atoms with van der Waals surface area (Å²) in [6.07, 6.45) is 25.8. The van der Waals surface area contributed by atoms with Crippen LogP contribution < -0.4 is 31.2 Å². The van der Waals surface area contributed by atoms with E-state index in [2.05, 4.69) is 47.1 Å². The number of benzene rings is 7. The third-order valence-corrected chi connectivity index (χ3v) is 18.1. The SMILES string of the molecule is C#Cc1ccc(-c2cncn2Cc2cccc(C(=O)Nc3ccccc3-c3c4nc(c(-c5ccccc5NC(=O)c5cncn5C)c5ccc([n-]5)c(-c5ccccc5NC(=O)c5cncn5C)c5nc(c(-c6ccccc6NC(=O)c6cncn6-c6ccccc6O)c6ccc3[n-]6)C=C5)C=C4)c2)cc1.[Fe+2]. The Bertz CT molecular complexity index is 6100. The smallest absolute Gasteiger partial charge is 0.657 e. The Kier molecular flexibility index (Phi) is 18.0. The minimum Gasteiger partial charge on any atom is -0.657 e. The number of phenolic OH excluding ortho intramolecular Hbond substituents is 1. The number of aromatic nitrogens is 12. The second kappa shape index (κ2) is 28.4. The number of para-hydroxylation sites is 6. The van der Waals surface area contributed by atoms with Crippen LogP contribution in [0.5, 0.6) is 5.75 Å². The number of carbonyl (C=O) groups excluding carboxylic acids is 4. The van der Waals surface area contributed by atoms with Crippen molar-refractivity contribution >= 4 is 92.7 Å². The average molecular weight is 1420 g/mol. The van der Waals surface area contributed by atoms with E-state index >= 15 is 0 Å². The van der Waals surface area contributed by atoms with Crippen molar-refractivity contribution in [3.05, 3.63) is 301 Å². The number of amides is 4. The predicted octanol–water partition coefficient (Wildman–Crippen LogP) is 14.8. The maximum Gasteiger partial charge on any atom is 2.00 e. The minimum atomic E-state index is -0.526. The first kappa shape index (κ1) is 66.6. The zero-order valence-corrected chi connectivity index (χ0v) is 57.1. The summed E-state index contributed by atoms with van der Waals surface area (Å²) in [6, 6.07) is 59.0. The number of hydrogen-bond acceptors (Lipinski definition) is 11. The first-order valence-electron chi connectivity index (χ1n) is 33.0. The fourth-order valence-corrected chi connectivity index (χ4v) is 13.1. The maximum atomic E-state index is 15.0. The van der Waals surface area contributed by atoms with Crippen molar-refractivity contribution in [3.8, 4) is 79.5 Å². The zero-order valence-electron chi connectivity index (χ0n) is 56.0. The van der Waals surface area contributed by atoms with Crippen LogP contribution in [0.25, 0.3) is 108 Å². The van der Waals surface area contributed by atoms with Crippen molar-refractivity contribution in [1.82, 2.24) is 58.1 Å². The summed E-state index contributed by atoms with van der Waals surface area (Å²) in [5.74, 6) is 0.924. The molecule has 8 bridgehead atoms. The Morgan fingerprint density at radius 3 is 1.30 bits per heavy atom. The molecule has 0 atom stereocenters. The molecule has 0 unspecified atom stereocenters. The van der Waals surface area contributed by atoms with Gasteiger partial charge in [0.1, 0.15) is 22.8 Å². The third-order valence-electron chi connectivity index (χ3n) is 18.1. The average Bonchev–Trinajstić information content (AvgIpc) is 1.63. The first-order chi connectivity index (χ1) is 50.9. The van der Waals surface area contributed by atoms with Crippen LogP contribution in [0.15, 0.2) is 244 Å². The van der Waals surface area contributed by atoms with E-state index < -0.39 is 17.7 Å². The van der Waals surface area contributed by atoms with E-state index in [1.54, 1.807) is 78.7 Å².